The third-order valence-corrected chi connectivity index (χ3v) is 4.39. The van der Waals surface area contributed by atoms with Crippen LogP contribution in [0, 0.1) is 0 Å². The smallest absolute Gasteiger partial charge is 0.239 e. The fraction of sp³-hybridized carbons (Fsp3) is 0.929. The van der Waals surface area contributed by atoms with Gasteiger partial charge in [-0.05, 0) is 52.7 Å². The van der Waals surface area contributed by atoms with Crippen LogP contribution in [0.2, 0.25) is 0 Å². The summed E-state index contributed by atoms with van der Waals surface area (Å²) >= 11 is 0. The number of nitrogens with zero attached hydrogens (tertiary/aromatic N) is 2. The maximum absolute atomic E-state index is 12.1. The number of carbonyl (C=O) groups is 1. The summed E-state index contributed by atoms with van der Waals surface area (Å²) in [7, 11) is 2.22. The summed E-state index contributed by atoms with van der Waals surface area (Å²) in [5.74, 6) is 0.283. The molecule has 4 heteroatoms. The number of hydrogen-bond acceptors (Lipinski definition) is 3. The van der Waals surface area contributed by atoms with Crippen molar-refractivity contribution in [1.29, 1.82) is 0 Å². The van der Waals surface area contributed by atoms with Crippen LogP contribution < -0.4 is 5.32 Å². The van der Waals surface area contributed by atoms with Gasteiger partial charge in [0.2, 0.25) is 5.91 Å². The number of rotatable bonds is 3. The summed E-state index contributed by atoms with van der Waals surface area (Å²) in [6.45, 7) is 6.02. The minimum Gasteiger partial charge on any atom is -0.341 e. The Bertz CT molecular complexity index is 282. The molecule has 2 aliphatic rings. The lowest BCUT2D eigenvalue weighted by molar-refractivity contribution is -0.132. The second-order valence-electron chi connectivity index (χ2n) is 5.77. The zero-order valence-corrected chi connectivity index (χ0v) is 11.8. The van der Waals surface area contributed by atoms with Crippen LogP contribution >= 0.6 is 0 Å². The van der Waals surface area contributed by atoms with E-state index in [1.165, 1.54) is 25.8 Å². The van der Waals surface area contributed by atoms with Gasteiger partial charge in [-0.2, -0.15) is 0 Å². The zero-order chi connectivity index (χ0) is 13.0. The van der Waals surface area contributed by atoms with Crippen molar-refractivity contribution in [3.63, 3.8) is 0 Å². The summed E-state index contributed by atoms with van der Waals surface area (Å²) in [5.41, 5.74) is 0. The van der Waals surface area contributed by atoms with Crippen LogP contribution in [0.3, 0.4) is 0 Å². The molecule has 1 N–H and O–H groups in total. The fourth-order valence-electron chi connectivity index (χ4n) is 3.10. The lowest BCUT2D eigenvalue weighted by atomic mass is 10.00. The number of hydrogen-bond donors (Lipinski definition) is 1. The molecule has 2 unspecified atom stereocenters. The van der Waals surface area contributed by atoms with Crippen LogP contribution in [0.1, 0.15) is 39.0 Å². The molecule has 2 saturated heterocycles. The van der Waals surface area contributed by atoms with Crippen LogP contribution in [0.4, 0.5) is 0 Å². The highest BCUT2D eigenvalue weighted by Crippen LogP contribution is 2.18. The average molecular weight is 253 g/mol. The summed E-state index contributed by atoms with van der Waals surface area (Å²) in [4.78, 5) is 16.7. The second kappa shape index (κ2) is 6.53. The lowest BCUT2D eigenvalue weighted by Gasteiger charge is -2.34. The molecule has 0 aromatic heterocycles. The Balaban J connectivity index is 1.82. The van der Waals surface area contributed by atoms with Gasteiger partial charge in [-0.1, -0.05) is 6.42 Å². The van der Waals surface area contributed by atoms with E-state index in [-0.39, 0.29) is 11.9 Å². The molecular formula is C14H27N3O. The highest BCUT2D eigenvalue weighted by Gasteiger charge is 2.25. The Hall–Kier alpha value is -0.610. The van der Waals surface area contributed by atoms with E-state index in [1.807, 2.05) is 6.92 Å². The highest BCUT2D eigenvalue weighted by atomic mass is 16.2. The van der Waals surface area contributed by atoms with Crippen molar-refractivity contribution in [3.05, 3.63) is 0 Å². The normalized spacial score (nSPS) is 31.4. The van der Waals surface area contributed by atoms with E-state index in [2.05, 4.69) is 22.2 Å². The Labute approximate surface area is 111 Å². The number of carbonyl (C=O) groups excluding carboxylic acids is 1. The van der Waals surface area contributed by atoms with Gasteiger partial charge in [0.05, 0.1) is 6.04 Å². The van der Waals surface area contributed by atoms with E-state index in [4.69, 9.17) is 0 Å². The van der Waals surface area contributed by atoms with Gasteiger partial charge in [0.1, 0.15) is 0 Å². The molecule has 1 amide bonds. The molecule has 0 aliphatic carbocycles. The predicted octanol–water partition coefficient (Wildman–Crippen LogP) is 1.07. The Morgan fingerprint density at radius 2 is 2.11 bits per heavy atom. The molecule has 2 rings (SSSR count). The first-order valence-electron chi connectivity index (χ1n) is 7.41. The van der Waals surface area contributed by atoms with Crippen molar-refractivity contribution >= 4 is 5.91 Å². The summed E-state index contributed by atoms with van der Waals surface area (Å²) < 4.78 is 0. The molecule has 2 fully saturated rings. The number of likely N-dealkylation sites (tertiary alicyclic amines) is 1. The Kier molecular flexibility index (Phi) is 5.01. The Morgan fingerprint density at radius 1 is 1.28 bits per heavy atom. The van der Waals surface area contributed by atoms with Crippen molar-refractivity contribution in [2.45, 2.75) is 51.1 Å². The van der Waals surface area contributed by atoms with E-state index in [1.54, 1.807) is 0 Å². The Morgan fingerprint density at radius 3 is 2.89 bits per heavy atom. The van der Waals surface area contributed by atoms with Crippen LogP contribution in [-0.4, -0.2) is 61.0 Å². The first kappa shape index (κ1) is 13.8. The maximum Gasteiger partial charge on any atom is 0.239 e. The van der Waals surface area contributed by atoms with Crippen LogP contribution in [0.15, 0.2) is 0 Å². The summed E-state index contributed by atoms with van der Waals surface area (Å²) in [6, 6.07) is 0.676. The lowest BCUT2D eigenvalue weighted by Crippen LogP contribution is -2.44. The van der Waals surface area contributed by atoms with E-state index >= 15 is 0 Å². The molecule has 0 bridgehead atoms. The highest BCUT2D eigenvalue weighted by molar-refractivity contribution is 5.81. The van der Waals surface area contributed by atoms with Gasteiger partial charge < -0.3 is 15.1 Å². The van der Waals surface area contributed by atoms with Crippen LogP contribution in [-0.2, 0) is 4.79 Å². The SMILES string of the molecule is CC1NCCCN(CCC2CCCCN2C)C1=O. The van der Waals surface area contributed by atoms with Crippen molar-refractivity contribution in [3.8, 4) is 0 Å². The number of nitrogens with one attached hydrogen (secondary N) is 1. The summed E-state index contributed by atoms with van der Waals surface area (Å²) in [5, 5.41) is 3.27. The molecule has 0 radical (unpaired) electrons. The van der Waals surface area contributed by atoms with Gasteiger partial charge >= 0.3 is 0 Å². The second-order valence-corrected chi connectivity index (χ2v) is 5.77. The minimum atomic E-state index is -0.00316. The van der Waals surface area contributed by atoms with E-state index in [0.717, 1.165) is 32.5 Å². The third-order valence-electron chi connectivity index (χ3n) is 4.39. The van der Waals surface area contributed by atoms with Gasteiger partial charge in [0.25, 0.3) is 0 Å². The molecule has 0 aromatic rings. The monoisotopic (exact) mass is 253 g/mol. The molecule has 0 aromatic carbocycles. The molecule has 0 spiro atoms. The van der Waals surface area contributed by atoms with E-state index < -0.39 is 0 Å². The quantitative estimate of drug-likeness (QED) is 0.817. The predicted molar refractivity (Wildman–Crippen MR) is 73.5 cm³/mol. The zero-order valence-electron chi connectivity index (χ0n) is 11.8. The van der Waals surface area contributed by atoms with Gasteiger partial charge in [-0.15, -0.1) is 0 Å². The first-order valence-corrected chi connectivity index (χ1v) is 7.41. The standard InChI is InChI=1S/C14H27N3O/c1-12-14(18)17(10-5-8-15-12)11-7-13-6-3-4-9-16(13)2/h12-13,15H,3-11H2,1-2H3. The topological polar surface area (TPSA) is 35.6 Å². The van der Waals surface area contributed by atoms with Crippen LogP contribution in [0.5, 0.6) is 0 Å². The van der Waals surface area contributed by atoms with Gasteiger partial charge in [-0.25, -0.2) is 0 Å². The van der Waals surface area contributed by atoms with Crippen molar-refractivity contribution in [2.24, 2.45) is 0 Å². The maximum atomic E-state index is 12.1. The summed E-state index contributed by atoms with van der Waals surface area (Å²) in [6.07, 6.45) is 6.19. The molecule has 2 atom stereocenters. The largest absolute Gasteiger partial charge is 0.341 e. The fourth-order valence-corrected chi connectivity index (χ4v) is 3.10. The van der Waals surface area contributed by atoms with E-state index in [0.29, 0.717) is 6.04 Å². The molecule has 2 heterocycles. The van der Waals surface area contributed by atoms with Crippen LogP contribution in [0.25, 0.3) is 0 Å². The van der Waals surface area contributed by atoms with Crippen molar-refractivity contribution < 1.29 is 4.79 Å². The molecule has 4 nitrogen and oxygen atoms in total. The minimum absolute atomic E-state index is 0.00316. The first-order chi connectivity index (χ1) is 8.68. The molecule has 2 aliphatic heterocycles. The molecular weight excluding hydrogens is 226 g/mol. The average Bonchev–Trinajstić information content (AvgIpc) is 2.53. The van der Waals surface area contributed by atoms with Crippen molar-refractivity contribution in [2.75, 3.05) is 33.2 Å². The van der Waals surface area contributed by atoms with Gasteiger partial charge in [-0.3, -0.25) is 4.79 Å². The molecule has 0 saturated carbocycles. The number of piperidine rings is 1. The van der Waals surface area contributed by atoms with E-state index in [9.17, 15) is 4.79 Å². The third kappa shape index (κ3) is 3.45. The molecule has 18 heavy (non-hydrogen) atoms. The molecule has 104 valence electrons. The van der Waals surface area contributed by atoms with Gasteiger partial charge in [0.15, 0.2) is 0 Å². The number of amides is 1. The van der Waals surface area contributed by atoms with Gasteiger partial charge in [0, 0.05) is 19.1 Å². The van der Waals surface area contributed by atoms with Crippen molar-refractivity contribution in [1.82, 2.24) is 15.1 Å².